The van der Waals surface area contributed by atoms with Crippen molar-refractivity contribution < 1.29 is 14.7 Å². The molecular formula is C15H20N2O3. The molecule has 0 aromatic carbocycles. The number of carbonyl (C=O) groups excluding carboxylic acids is 1. The first-order valence-corrected chi connectivity index (χ1v) is 6.82. The molecule has 1 unspecified atom stereocenters. The Morgan fingerprint density at radius 3 is 2.55 bits per heavy atom. The van der Waals surface area contributed by atoms with Gasteiger partial charge in [-0.25, -0.2) is 0 Å². The number of aliphatic carboxylic acids is 1. The highest BCUT2D eigenvalue weighted by Crippen LogP contribution is 2.38. The van der Waals surface area contributed by atoms with Gasteiger partial charge in [0.1, 0.15) is 0 Å². The largest absolute Gasteiger partial charge is 0.481 e. The van der Waals surface area contributed by atoms with Crippen molar-refractivity contribution in [1.29, 1.82) is 0 Å². The summed E-state index contributed by atoms with van der Waals surface area (Å²) >= 11 is 0. The van der Waals surface area contributed by atoms with Crippen LogP contribution >= 0.6 is 0 Å². The van der Waals surface area contributed by atoms with E-state index in [0.29, 0.717) is 18.5 Å². The molecule has 0 aliphatic carbocycles. The van der Waals surface area contributed by atoms with E-state index >= 15 is 0 Å². The van der Waals surface area contributed by atoms with Crippen LogP contribution in [0.15, 0.2) is 18.3 Å². The lowest BCUT2D eigenvalue weighted by Crippen LogP contribution is -2.40. The van der Waals surface area contributed by atoms with Gasteiger partial charge >= 0.3 is 5.97 Å². The number of hydrogen-bond donors (Lipinski definition) is 1. The van der Waals surface area contributed by atoms with Gasteiger partial charge in [-0.3, -0.25) is 14.6 Å². The molecule has 1 aromatic heterocycles. The van der Waals surface area contributed by atoms with E-state index in [9.17, 15) is 14.7 Å². The minimum atomic E-state index is -0.826. The standard InChI is InChI=1S/C15H20N2O3/c1-10(2)15(14(19)20)6-7-17(9-15)13(18)12-5-4-11(3)16-8-12/h4-5,8,10H,6-7,9H2,1-3H3,(H,19,20). The number of amides is 1. The minimum Gasteiger partial charge on any atom is -0.481 e. The summed E-state index contributed by atoms with van der Waals surface area (Å²) in [6.45, 7) is 6.41. The van der Waals surface area contributed by atoms with E-state index in [1.807, 2.05) is 20.8 Å². The van der Waals surface area contributed by atoms with E-state index < -0.39 is 11.4 Å². The van der Waals surface area contributed by atoms with Gasteiger partial charge in [0.15, 0.2) is 0 Å². The second-order valence-corrected chi connectivity index (χ2v) is 5.78. The Morgan fingerprint density at radius 2 is 2.10 bits per heavy atom. The zero-order valence-corrected chi connectivity index (χ0v) is 12.1. The number of rotatable bonds is 3. The Morgan fingerprint density at radius 1 is 1.40 bits per heavy atom. The van der Waals surface area contributed by atoms with E-state index in [1.165, 1.54) is 0 Å². The van der Waals surface area contributed by atoms with Gasteiger partial charge < -0.3 is 10.0 Å². The fraction of sp³-hybridized carbons (Fsp3) is 0.533. The van der Waals surface area contributed by atoms with Crippen LogP contribution in [0.4, 0.5) is 0 Å². The molecule has 0 radical (unpaired) electrons. The van der Waals surface area contributed by atoms with Crippen LogP contribution < -0.4 is 0 Å². The highest BCUT2D eigenvalue weighted by Gasteiger charge is 2.48. The van der Waals surface area contributed by atoms with Crippen LogP contribution in [0.2, 0.25) is 0 Å². The number of nitrogens with zero attached hydrogens (tertiary/aromatic N) is 2. The summed E-state index contributed by atoms with van der Waals surface area (Å²) in [7, 11) is 0. The molecule has 108 valence electrons. The van der Waals surface area contributed by atoms with Crippen LogP contribution in [0.25, 0.3) is 0 Å². The van der Waals surface area contributed by atoms with Crippen molar-refractivity contribution in [3.05, 3.63) is 29.6 Å². The van der Waals surface area contributed by atoms with E-state index in [1.54, 1.807) is 23.2 Å². The van der Waals surface area contributed by atoms with Gasteiger partial charge in [-0.15, -0.1) is 0 Å². The summed E-state index contributed by atoms with van der Waals surface area (Å²) in [4.78, 5) is 29.7. The fourth-order valence-electron chi connectivity index (χ4n) is 2.68. The number of aryl methyl sites for hydroxylation is 1. The lowest BCUT2D eigenvalue weighted by Gasteiger charge is -2.28. The molecule has 1 amide bonds. The van der Waals surface area contributed by atoms with E-state index in [-0.39, 0.29) is 18.4 Å². The molecular weight excluding hydrogens is 256 g/mol. The first kappa shape index (κ1) is 14.5. The van der Waals surface area contributed by atoms with Crippen molar-refractivity contribution >= 4 is 11.9 Å². The van der Waals surface area contributed by atoms with E-state index in [2.05, 4.69) is 4.98 Å². The molecule has 1 N–H and O–H groups in total. The zero-order chi connectivity index (χ0) is 14.9. The molecule has 1 atom stereocenters. The molecule has 5 nitrogen and oxygen atoms in total. The Hall–Kier alpha value is -1.91. The maximum absolute atomic E-state index is 12.4. The maximum atomic E-state index is 12.4. The Bertz CT molecular complexity index is 524. The molecule has 1 saturated heterocycles. The second kappa shape index (κ2) is 5.23. The SMILES string of the molecule is Cc1ccc(C(=O)N2CCC(C(=O)O)(C(C)C)C2)cn1. The van der Waals surface area contributed by atoms with Crippen molar-refractivity contribution in [3.8, 4) is 0 Å². The molecule has 5 heteroatoms. The van der Waals surface area contributed by atoms with Gasteiger partial charge in [0.2, 0.25) is 0 Å². The van der Waals surface area contributed by atoms with Crippen molar-refractivity contribution in [3.63, 3.8) is 0 Å². The number of carbonyl (C=O) groups is 2. The second-order valence-electron chi connectivity index (χ2n) is 5.78. The lowest BCUT2D eigenvalue weighted by atomic mass is 9.76. The predicted molar refractivity (Wildman–Crippen MR) is 74.4 cm³/mol. The summed E-state index contributed by atoms with van der Waals surface area (Å²) < 4.78 is 0. The van der Waals surface area contributed by atoms with Gasteiger partial charge in [0.05, 0.1) is 11.0 Å². The molecule has 1 fully saturated rings. The van der Waals surface area contributed by atoms with Gasteiger partial charge in [0.25, 0.3) is 5.91 Å². The number of aromatic nitrogens is 1. The normalized spacial score (nSPS) is 22.3. The molecule has 0 saturated carbocycles. The molecule has 1 aliphatic rings. The molecule has 20 heavy (non-hydrogen) atoms. The highest BCUT2D eigenvalue weighted by molar-refractivity contribution is 5.94. The number of pyridine rings is 1. The average molecular weight is 276 g/mol. The fourth-order valence-corrected chi connectivity index (χ4v) is 2.68. The number of carboxylic acid groups (broad SMARTS) is 1. The van der Waals surface area contributed by atoms with Crippen molar-refractivity contribution in [2.45, 2.75) is 27.2 Å². The van der Waals surface area contributed by atoms with Crippen LogP contribution in [0.5, 0.6) is 0 Å². The highest BCUT2D eigenvalue weighted by atomic mass is 16.4. The summed E-state index contributed by atoms with van der Waals surface area (Å²) in [5, 5.41) is 9.49. The lowest BCUT2D eigenvalue weighted by molar-refractivity contribution is -0.150. The Labute approximate surface area is 118 Å². The first-order valence-electron chi connectivity index (χ1n) is 6.82. The molecule has 2 rings (SSSR count). The zero-order valence-electron chi connectivity index (χ0n) is 12.1. The van der Waals surface area contributed by atoms with Crippen LogP contribution in [0, 0.1) is 18.3 Å². The quantitative estimate of drug-likeness (QED) is 0.916. The smallest absolute Gasteiger partial charge is 0.311 e. The topological polar surface area (TPSA) is 70.5 Å². The van der Waals surface area contributed by atoms with Crippen LogP contribution in [0.1, 0.15) is 36.3 Å². The van der Waals surface area contributed by atoms with Gasteiger partial charge in [0, 0.05) is 25.0 Å². The first-order chi connectivity index (χ1) is 9.36. The summed E-state index contributed by atoms with van der Waals surface area (Å²) in [5.41, 5.74) is 0.541. The van der Waals surface area contributed by atoms with E-state index in [0.717, 1.165) is 5.69 Å². The summed E-state index contributed by atoms with van der Waals surface area (Å²) in [6.07, 6.45) is 2.05. The van der Waals surface area contributed by atoms with Gasteiger partial charge in [-0.05, 0) is 31.4 Å². The Balaban J connectivity index is 2.18. The number of likely N-dealkylation sites (tertiary alicyclic amines) is 1. The van der Waals surface area contributed by atoms with E-state index in [4.69, 9.17) is 0 Å². The molecule has 0 bridgehead atoms. The summed E-state index contributed by atoms with van der Waals surface area (Å²) in [6, 6.07) is 3.52. The third-order valence-corrected chi connectivity index (χ3v) is 4.28. The third-order valence-electron chi connectivity index (χ3n) is 4.28. The predicted octanol–water partition coefficient (Wildman–Crippen LogP) is 1.96. The monoisotopic (exact) mass is 276 g/mol. The van der Waals surface area contributed by atoms with Gasteiger partial charge in [-0.2, -0.15) is 0 Å². The number of carboxylic acids is 1. The molecule has 1 aliphatic heterocycles. The van der Waals surface area contributed by atoms with Crippen molar-refractivity contribution in [2.75, 3.05) is 13.1 Å². The third kappa shape index (κ3) is 2.40. The van der Waals surface area contributed by atoms with Crippen molar-refractivity contribution in [2.24, 2.45) is 11.3 Å². The van der Waals surface area contributed by atoms with Crippen LogP contribution in [-0.4, -0.2) is 40.0 Å². The number of hydrogen-bond acceptors (Lipinski definition) is 3. The molecule has 0 spiro atoms. The van der Waals surface area contributed by atoms with Crippen molar-refractivity contribution in [1.82, 2.24) is 9.88 Å². The van der Waals surface area contributed by atoms with Crippen LogP contribution in [0.3, 0.4) is 0 Å². The molecule has 2 heterocycles. The average Bonchev–Trinajstić information content (AvgIpc) is 2.85. The summed E-state index contributed by atoms with van der Waals surface area (Å²) in [5.74, 6) is -0.958. The van der Waals surface area contributed by atoms with Crippen LogP contribution in [-0.2, 0) is 4.79 Å². The maximum Gasteiger partial charge on any atom is 0.311 e. The molecule has 1 aromatic rings. The van der Waals surface area contributed by atoms with Gasteiger partial charge in [-0.1, -0.05) is 13.8 Å². The minimum absolute atomic E-state index is 0.00561. The Kier molecular flexibility index (Phi) is 3.79.